The van der Waals surface area contributed by atoms with Crippen molar-refractivity contribution in [3.63, 3.8) is 0 Å². The molecule has 1 aromatic heterocycles. The summed E-state index contributed by atoms with van der Waals surface area (Å²) in [5, 5.41) is 36.3. The molecular formula is C27H20Cl2N8O5. The van der Waals surface area contributed by atoms with Crippen LogP contribution in [0.5, 0.6) is 0 Å². The number of non-ortho nitro benzene ring substituents is 1. The maximum atomic E-state index is 12.4. The number of halogens is 2. The van der Waals surface area contributed by atoms with Crippen LogP contribution in [0.25, 0.3) is 0 Å². The number of nitrogens with zero attached hydrogens (tertiary/aromatic N) is 5. The molecule has 13 nitrogen and oxygen atoms in total. The molecule has 0 aliphatic heterocycles. The first-order valence-electron chi connectivity index (χ1n) is 12.1. The van der Waals surface area contributed by atoms with Gasteiger partial charge < -0.3 is 5.32 Å². The molecule has 3 aromatic carbocycles. The van der Waals surface area contributed by atoms with Gasteiger partial charge in [0, 0.05) is 27.9 Å². The molecule has 4 rings (SSSR count). The third kappa shape index (κ3) is 6.87. The molecule has 0 saturated heterocycles. The molecule has 0 bridgehead atoms. The van der Waals surface area contributed by atoms with E-state index in [1.54, 1.807) is 37.3 Å². The first kappa shape index (κ1) is 29.7. The number of aryl methyl sites for hydroxylation is 1. The fourth-order valence-corrected chi connectivity index (χ4v) is 4.39. The number of amides is 1. The molecule has 4 aromatic rings. The number of carbonyl (C=O) groups excluding carboxylic acids is 1. The number of nitro benzene ring substituents is 1. The van der Waals surface area contributed by atoms with Gasteiger partial charge in [0.15, 0.2) is 0 Å². The summed E-state index contributed by atoms with van der Waals surface area (Å²) in [6.07, 6.45) is 0.913. The van der Waals surface area contributed by atoms with Crippen molar-refractivity contribution in [3.8, 4) is 6.07 Å². The predicted molar refractivity (Wildman–Crippen MR) is 156 cm³/mol. The largest absolute Gasteiger partial charge is 0.355 e. The zero-order valence-electron chi connectivity index (χ0n) is 21.7. The predicted octanol–water partition coefficient (Wildman–Crippen LogP) is 5.99. The Labute approximate surface area is 248 Å². The Hall–Kier alpha value is -5.32. The van der Waals surface area contributed by atoms with Gasteiger partial charge in [0.25, 0.3) is 5.69 Å². The zero-order chi connectivity index (χ0) is 30.4. The smallest absolute Gasteiger partial charge is 0.334 e. The Kier molecular flexibility index (Phi) is 9.11. The van der Waals surface area contributed by atoms with E-state index in [0.29, 0.717) is 33.0 Å². The average Bonchev–Trinajstić information content (AvgIpc) is 2.96. The minimum Gasteiger partial charge on any atom is -0.334 e. The van der Waals surface area contributed by atoms with Gasteiger partial charge in [0.05, 0.1) is 28.3 Å². The fourth-order valence-electron chi connectivity index (χ4n) is 3.99. The van der Waals surface area contributed by atoms with Crippen molar-refractivity contribution in [2.24, 2.45) is 0 Å². The molecule has 42 heavy (non-hydrogen) atoms. The topological polar surface area (TPSA) is 189 Å². The molecule has 0 saturated carbocycles. The number of benzene rings is 3. The van der Waals surface area contributed by atoms with Gasteiger partial charge in [0.2, 0.25) is 17.5 Å². The minimum absolute atomic E-state index is 0.119. The zero-order valence-corrected chi connectivity index (χ0v) is 23.2. The number of nitrogens with one attached hydrogen (secondary N) is 3. The lowest BCUT2D eigenvalue weighted by molar-refractivity contribution is -0.384. The van der Waals surface area contributed by atoms with Crippen molar-refractivity contribution in [2.75, 3.05) is 10.7 Å². The number of hydrogen-bond acceptors (Lipinski definition) is 10. The second-order valence-electron chi connectivity index (χ2n) is 8.88. The van der Waals surface area contributed by atoms with Crippen LogP contribution in [0.2, 0.25) is 10.0 Å². The molecule has 15 heteroatoms. The summed E-state index contributed by atoms with van der Waals surface area (Å²) >= 11 is 12.5. The molecule has 212 valence electrons. The van der Waals surface area contributed by atoms with Crippen LogP contribution in [0.15, 0.2) is 67.0 Å². The number of hydrogen-bond donors (Lipinski definition) is 3. The van der Waals surface area contributed by atoms with Crippen LogP contribution >= 0.6 is 23.2 Å². The molecule has 1 amide bonds. The fraction of sp³-hybridized carbons (Fsp3) is 0.111. The number of rotatable bonds is 10. The maximum Gasteiger partial charge on any atom is 0.355 e. The van der Waals surface area contributed by atoms with Crippen molar-refractivity contribution in [1.82, 2.24) is 15.4 Å². The normalized spacial score (nSPS) is 11.2. The van der Waals surface area contributed by atoms with Crippen LogP contribution in [-0.2, 0) is 11.2 Å². The van der Waals surface area contributed by atoms with E-state index in [0.717, 1.165) is 6.33 Å². The summed E-state index contributed by atoms with van der Waals surface area (Å²) in [6.45, 7) is 1.74. The molecule has 1 atom stereocenters. The van der Waals surface area contributed by atoms with E-state index < -0.39 is 27.4 Å². The van der Waals surface area contributed by atoms with Gasteiger partial charge in [-0.05, 0) is 47.4 Å². The SMILES string of the molecule is Cc1cc(C(C#N)c2ccc(Cl)cc2)c(Cl)cc1Nc1ncnc(NNC(=O)Cc2ccc([N+](=O)[O-])cc2)c1[N+](=O)[O-]. The molecule has 0 radical (unpaired) electrons. The van der Waals surface area contributed by atoms with Crippen molar-refractivity contribution in [1.29, 1.82) is 5.26 Å². The van der Waals surface area contributed by atoms with Gasteiger partial charge in [-0.2, -0.15) is 5.26 Å². The third-order valence-electron chi connectivity index (χ3n) is 6.08. The molecule has 1 heterocycles. The molecule has 0 aliphatic rings. The van der Waals surface area contributed by atoms with Gasteiger partial charge in [-0.1, -0.05) is 53.5 Å². The van der Waals surface area contributed by atoms with Gasteiger partial charge in [0.1, 0.15) is 6.33 Å². The number of nitriles is 1. The minimum atomic E-state index is -0.718. The molecule has 0 spiro atoms. The number of anilines is 3. The Bertz CT molecular complexity index is 1710. The van der Waals surface area contributed by atoms with E-state index in [1.807, 2.05) is 0 Å². The Morgan fingerprint density at radius 2 is 1.67 bits per heavy atom. The van der Waals surface area contributed by atoms with Crippen LogP contribution in [0.1, 0.15) is 28.2 Å². The summed E-state index contributed by atoms with van der Waals surface area (Å²) in [4.78, 5) is 41.8. The quantitative estimate of drug-likeness (QED) is 0.143. The highest BCUT2D eigenvalue weighted by Crippen LogP contribution is 2.37. The molecule has 1 unspecified atom stereocenters. The summed E-state index contributed by atoms with van der Waals surface area (Å²) in [6, 6.07) is 17.7. The highest BCUT2D eigenvalue weighted by atomic mass is 35.5. The van der Waals surface area contributed by atoms with Crippen LogP contribution in [0.4, 0.5) is 28.7 Å². The molecule has 0 aliphatic carbocycles. The monoisotopic (exact) mass is 606 g/mol. The first-order chi connectivity index (χ1) is 20.1. The second-order valence-corrected chi connectivity index (χ2v) is 9.72. The number of carbonyl (C=O) groups is 1. The highest BCUT2D eigenvalue weighted by Gasteiger charge is 2.25. The van der Waals surface area contributed by atoms with Gasteiger partial charge in [-0.25, -0.2) is 9.97 Å². The van der Waals surface area contributed by atoms with Crippen LogP contribution in [0, 0.1) is 38.5 Å². The lowest BCUT2D eigenvalue weighted by Gasteiger charge is -2.17. The van der Waals surface area contributed by atoms with E-state index in [9.17, 15) is 30.3 Å². The maximum absolute atomic E-state index is 12.4. The van der Waals surface area contributed by atoms with Crippen LogP contribution < -0.4 is 16.2 Å². The van der Waals surface area contributed by atoms with E-state index in [4.69, 9.17) is 23.2 Å². The first-order valence-corrected chi connectivity index (χ1v) is 12.8. The van der Waals surface area contributed by atoms with Crippen molar-refractivity contribution < 1.29 is 14.6 Å². The Balaban J connectivity index is 1.53. The van der Waals surface area contributed by atoms with Crippen molar-refractivity contribution in [3.05, 3.63) is 120 Å². The number of hydrazine groups is 1. The van der Waals surface area contributed by atoms with Crippen LogP contribution in [-0.4, -0.2) is 25.7 Å². The molecular weight excluding hydrogens is 587 g/mol. The van der Waals surface area contributed by atoms with E-state index in [-0.39, 0.29) is 28.8 Å². The third-order valence-corrected chi connectivity index (χ3v) is 6.66. The lowest BCUT2D eigenvalue weighted by Crippen LogP contribution is -2.31. The Morgan fingerprint density at radius 1 is 1.00 bits per heavy atom. The van der Waals surface area contributed by atoms with Gasteiger partial charge in [-0.15, -0.1) is 0 Å². The molecule has 0 fully saturated rings. The highest BCUT2D eigenvalue weighted by molar-refractivity contribution is 6.32. The summed E-state index contributed by atoms with van der Waals surface area (Å²) in [5.41, 5.74) is 6.85. The van der Waals surface area contributed by atoms with Crippen molar-refractivity contribution in [2.45, 2.75) is 19.3 Å². The van der Waals surface area contributed by atoms with E-state index in [1.165, 1.54) is 30.3 Å². The van der Waals surface area contributed by atoms with Crippen molar-refractivity contribution >= 4 is 57.8 Å². The van der Waals surface area contributed by atoms with Gasteiger partial charge in [-0.3, -0.25) is 35.9 Å². The summed E-state index contributed by atoms with van der Waals surface area (Å²) < 4.78 is 0. The standard InChI is InChI=1S/C27H20Cl2N8O5/c1-15-10-20(21(13-30)17-4-6-18(28)7-5-17)22(29)12-23(15)33-26-25(37(41)42)27(32-14-31-26)35-34-24(38)11-16-2-8-19(9-3-16)36(39)40/h2-10,12,14,21H,11H2,1H3,(H,34,38)(H2,31,32,33,35). The van der Waals surface area contributed by atoms with Gasteiger partial charge >= 0.3 is 5.69 Å². The Morgan fingerprint density at radius 3 is 2.29 bits per heavy atom. The van der Waals surface area contributed by atoms with E-state index in [2.05, 4.69) is 32.2 Å². The summed E-state index contributed by atoms with van der Waals surface area (Å²) in [5.74, 6) is -1.72. The lowest BCUT2D eigenvalue weighted by atomic mass is 9.91. The second kappa shape index (κ2) is 12.9. The van der Waals surface area contributed by atoms with Crippen LogP contribution in [0.3, 0.4) is 0 Å². The molecule has 3 N–H and O–H groups in total. The average molecular weight is 607 g/mol. The van der Waals surface area contributed by atoms with E-state index >= 15 is 0 Å². The summed E-state index contributed by atoms with van der Waals surface area (Å²) in [7, 11) is 0. The number of nitro groups is 2. The number of aromatic nitrogens is 2.